The van der Waals surface area contributed by atoms with Crippen LogP contribution in [0.15, 0.2) is 36.5 Å². The molecule has 114 valence electrons. The van der Waals surface area contributed by atoms with Crippen LogP contribution in [0.2, 0.25) is 0 Å². The van der Waals surface area contributed by atoms with Crippen molar-refractivity contribution in [1.82, 2.24) is 0 Å². The summed E-state index contributed by atoms with van der Waals surface area (Å²) in [4.78, 5) is 10.5. The highest BCUT2D eigenvalue weighted by Crippen LogP contribution is 2.07. The molecule has 2 heteroatoms. The van der Waals surface area contributed by atoms with Gasteiger partial charge in [0.25, 0.3) is 0 Å². The van der Waals surface area contributed by atoms with Gasteiger partial charge in [0.2, 0.25) is 5.91 Å². The van der Waals surface area contributed by atoms with Crippen LogP contribution in [0.4, 0.5) is 0 Å². The number of hydrogen-bond acceptors (Lipinski definition) is 1. The lowest BCUT2D eigenvalue weighted by atomic mass is 10.1. The standard InChI is InChI=1S/C18H31NO/c1-2-3-4-5-6-7-8-9-10-11-12-13-14-15-16-17-18(19)20/h3-4,6-7,9-10H,2,5,8,11-17H2,1H3,(H2,19,20)/b4-3?,7-6?,10-9-. The van der Waals surface area contributed by atoms with E-state index in [1.54, 1.807) is 0 Å². The van der Waals surface area contributed by atoms with Crippen LogP contribution in [0, 0.1) is 0 Å². The number of amides is 1. The average molecular weight is 277 g/mol. The van der Waals surface area contributed by atoms with Crippen molar-refractivity contribution in [2.24, 2.45) is 5.73 Å². The Kier molecular flexibility index (Phi) is 14.7. The molecule has 0 rings (SSSR count). The molecule has 0 aromatic rings. The number of carbonyl (C=O) groups is 1. The number of carbonyl (C=O) groups excluding carboxylic acids is 1. The Bertz CT molecular complexity index is 303. The van der Waals surface area contributed by atoms with Crippen LogP contribution < -0.4 is 5.73 Å². The first-order chi connectivity index (χ1) is 9.77. The van der Waals surface area contributed by atoms with E-state index in [4.69, 9.17) is 5.73 Å². The summed E-state index contributed by atoms with van der Waals surface area (Å²) < 4.78 is 0. The van der Waals surface area contributed by atoms with Gasteiger partial charge in [-0.1, -0.05) is 62.6 Å². The molecule has 2 N–H and O–H groups in total. The van der Waals surface area contributed by atoms with Crippen LogP contribution in [-0.2, 0) is 4.79 Å². The zero-order chi connectivity index (χ0) is 14.9. The van der Waals surface area contributed by atoms with Crippen LogP contribution in [0.5, 0.6) is 0 Å². The fraction of sp³-hybridized carbons (Fsp3) is 0.611. The third-order valence-electron chi connectivity index (χ3n) is 3.07. The van der Waals surface area contributed by atoms with Crippen molar-refractivity contribution in [2.45, 2.75) is 71.1 Å². The van der Waals surface area contributed by atoms with Crippen LogP contribution in [0.1, 0.15) is 71.1 Å². The van der Waals surface area contributed by atoms with Gasteiger partial charge >= 0.3 is 0 Å². The molecule has 0 saturated carbocycles. The summed E-state index contributed by atoms with van der Waals surface area (Å²) >= 11 is 0. The van der Waals surface area contributed by atoms with E-state index in [0.717, 1.165) is 32.1 Å². The molecule has 0 aliphatic rings. The van der Waals surface area contributed by atoms with Gasteiger partial charge in [-0.2, -0.15) is 0 Å². The summed E-state index contributed by atoms with van der Waals surface area (Å²) in [6, 6.07) is 0. The van der Waals surface area contributed by atoms with Crippen molar-refractivity contribution in [3.05, 3.63) is 36.5 Å². The predicted molar refractivity (Wildman–Crippen MR) is 88.5 cm³/mol. The number of rotatable bonds is 13. The Morgan fingerprint density at radius 3 is 2.00 bits per heavy atom. The van der Waals surface area contributed by atoms with Gasteiger partial charge in [0.15, 0.2) is 0 Å². The summed E-state index contributed by atoms with van der Waals surface area (Å²) in [5, 5.41) is 0. The Morgan fingerprint density at radius 1 is 0.800 bits per heavy atom. The maximum atomic E-state index is 10.5. The molecule has 1 amide bonds. The number of allylic oxidation sites excluding steroid dienone is 6. The quantitative estimate of drug-likeness (QED) is 0.371. The average Bonchev–Trinajstić information content (AvgIpc) is 2.43. The molecule has 0 radical (unpaired) electrons. The van der Waals surface area contributed by atoms with Gasteiger partial charge in [0.05, 0.1) is 0 Å². The smallest absolute Gasteiger partial charge is 0.217 e. The van der Waals surface area contributed by atoms with Gasteiger partial charge in [-0.25, -0.2) is 0 Å². The predicted octanol–water partition coefficient (Wildman–Crippen LogP) is 5.06. The normalized spacial score (nSPS) is 12.1. The molecule has 0 aliphatic carbocycles. The Morgan fingerprint density at radius 2 is 1.35 bits per heavy atom. The van der Waals surface area contributed by atoms with Crippen molar-refractivity contribution in [1.29, 1.82) is 0 Å². The summed E-state index contributed by atoms with van der Waals surface area (Å²) in [6.07, 6.45) is 24.1. The van der Waals surface area contributed by atoms with E-state index in [9.17, 15) is 4.79 Å². The lowest BCUT2D eigenvalue weighted by Gasteiger charge is -1.98. The molecule has 0 aliphatic heterocycles. The van der Waals surface area contributed by atoms with Gasteiger partial charge < -0.3 is 5.73 Å². The molecule has 0 heterocycles. The highest BCUT2D eigenvalue weighted by molar-refractivity contribution is 5.73. The molecule has 0 spiro atoms. The number of nitrogens with two attached hydrogens (primary N) is 1. The molecule has 0 bridgehead atoms. The first kappa shape index (κ1) is 18.7. The van der Waals surface area contributed by atoms with E-state index in [1.807, 2.05) is 0 Å². The largest absolute Gasteiger partial charge is 0.370 e. The fourth-order valence-electron chi connectivity index (χ4n) is 1.92. The molecule has 0 unspecified atom stereocenters. The minimum atomic E-state index is -0.175. The molecule has 0 fully saturated rings. The lowest BCUT2D eigenvalue weighted by Crippen LogP contribution is -2.09. The molecule has 2 nitrogen and oxygen atoms in total. The monoisotopic (exact) mass is 277 g/mol. The third-order valence-corrected chi connectivity index (χ3v) is 3.07. The summed E-state index contributed by atoms with van der Waals surface area (Å²) in [7, 11) is 0. The van der Waals surface area contributed by atoms with E-state index in [-0.39, 0.29) is 5.91 Å². The van der Waals surface area contributed by atoms with E-state index in [0.29, 0.717) is 6.42 Å². The Labute approximate surface area is 124 Å². The van der Waals surface area contributed by atoms with E-state index in [2.05, 4.69) is 43.4 Å². The van der Waals surface area contributed by atoms with Crippen molar-refractivity contribution < 1.29 is 4.79 Å². The van der Waals surface area contributed by atoms with Crippen LogP contribution in [-0.4, -0.2) is 5.91 Å². The van der Waals surface area contributed by atoms with Gasteiger partial charge in [0, 0.05) is 6.42 Å². The van der Waals surface area contributed by atoms with E-state index < -0.39 is 0 Å². The highest BCUT2D eigenvalue weighted by atomic mass is 16.1. The topological polar surface area (TPSA) is 43.1 Å². The molecule has 20 heavy (non-hydrogen) atoms. The second-order valence-electron chi connectivity index (χ2n) is 5.07. The van der Waals surface area contributed by atoms with Gasteiger partial charge in [-0.05, 0) is 38.5 Å². The summed E-state index contributed by atoms with van der Waals surface area (Å²) in [5.74, 6) is -0.175. The first-order valence-corrected chi connectivity index (χ1v) is 8.00. The highest BCUT2D eigenvalue weighted by Gasteiger charge is 1.94. The number of primary amides is 1. The molecule has 0 saturated heterocycles. The zero-order valence-corrected chi connectivity index (χ0v) is 13.0. The number of hydrogen-bond donors (Lipinski definition) is 1. The van der Waals surface area contributed by atoms with Crippen LogP contribution in [0.3, 0.4) is 0 Å². The lowest BCUT2D eigenvalue weighted by molar-refractivity contribution is -0.118. The molecular weight excluding hydrogens is 246 g/mol. The second-order valence-corrected chi connectivity index (χ2v) is 5.07. The minimum absolute atomic E-state index is 0.175. The second kappa shape index (κ2) is 15.7. The summed E-state index contributed by atoms with van der Waals surface area (Å²) in [5.41, 5.74) is 5.09. The zero-order valence-electron chi connectivity index (χ0n) is 13.0. The fourth-order valence-corrected chi connectivity index (χ4v) is 1.92. The molecule has 0 aromatic carbocycles. The summed E-state index contributed by atoms with van der Waals surface area (Å²) in [6.45, 7) is 2.15. The maximum absolute atomic E-state index is 10.5. The van der Waals surface area contributed by atoms with Gasteiger partial charge in [0.1, 0.15) is 0 Å². The van der Waals surface area contributed by atoms with E-state index >= 15 is 0 Å². The minimum Gasteiger partial charge on any atom is -0.370 e. The Hall–Kier alpha value is -1.31. The van der Waals surface area contributed by atoms with Gasteiger partial charge in [-0.3, -0.25) is 4.79 Å². The molecular formula is C18H31NO. The molecule has 0 aromatic heterocycles. The van der Waals surface area contributed by atoms with Crippen molar-refractivity contribution in [3.8, 4) is 0 Å². The molecule has 0 atom stereocenters. The third kappa shape index (κ3) is 16.7. The van der Waals surface area contributed by atoms with Crippen LogP contribution >= 0.6 is 0 Å². The van der Waals surface area contributed by atoms with Crippen molar-refractivity contribution >= 4 is 5.91 Å². The van der Waals surface area contributed by atoms with Crippen molar-refractivity contribution in [2.75, 3.05) is 0 Å². The first-order valence-electron chi connectivity index (χ1n) is 8.00. The SMILES string of the molecule is CCC=CCC=CC/C=C\CCCCCCCC(N)=O. The Balaban J connectivity index is 3.23. The number of unbranched alkanes of at least 4 members (excludes halogenated alkanes) is 5. The van der Waals surface area contributed by atoms with Crippen LogP contribution in [0.25, 0.3) is 0 Å². The van der Waals surface area contributed by atoms with E-state index in [1.165, 1.54) is 25.7 Å². The van der Waals surface area contributed by atoms with Gasteiger partial charge in [-0.15, -0.1) is 0 Å². The maximum Gasteiger partial charge on any atom is 0.217 e. The van der Waals surface area contributed by atoms with Crippen molar-refractivity contribution in [3.63, 3.8) is 0 Å².